The van der Waals surface area contributed by atoms with E-state index < -0.39 is 12.1 Å². The monoisotopic (exact) mass is 1250 g/mol. The van der Waals surface area contributed by atoms with Crippen molar-refractivity contribution in [1.29, 1.82) is 0 Å². The highest BCUT2D eigenvalue weighted by molar-refractivity contribution is 5.76. The van der Waals surface area contributed by atoms with Crippen LogP contribution in [0.3, 0.4) is 0 Å². The Hall–Kier alpha value is -1.66. The lowest BCUT2D eigenvalue weighted by molar-refractivity contribution is -0.143. The fourth-order valence-corrected chi connectivity index (χ4v) is 13.2. The van der Waals surface area contributed by atoms with Crippen LogP contribution in [0, 0.1) is 0 Å². The fourth-order valence-electron chi connectivity index (χ4n) is 13.2. The van der Waals surface area contributed by atoms with Gasteiger partial charge >= 0.3 is 5.97 Å². The summed E-state index contributed by atoms with van der Waals surface area (Å²) < 4.78 is 5.51. The van der Waals surface area contributed by atoms with E-state index in [4.69, 9.17) is 4.74 Å². The number of carbonyl (C=O) groups excluding carboxylic acids is 2. The summed E-state index contributed by atoms with van der Waals surface area (Å²) in [5.41, 5.74) is 0. The summed E-state index contributed by atoms with van der Waals surface area (Å²) in [5, 5.41) is 23.3. The second-order valence-electron chi connectivity index (χ2n) is 28.5. The van der Waals surface area contributed by atoms with E-state index in [9.17, 15) is 19.8 Å². The van der Waals surface area contributed by atoms with Gasteiger partial charge in [-0.1, -0.05) is 423 Å². The molecule has 0 aliphatic carbocycles. The number of rotatable bonds is 78. The predicted molar refractivity (Wildman–Crippen MR) is 393 cm³/mol. The number of hydrogen-bond acceptors (Lipinski definition) is 5. The molecule has 6 heteroatoms. The summed E-state index contributed by atoms with van der Waals surface area (Å²) in [4.78, 5) is 24.6. The van der Waals surface area contributed by atoms with E-state index >= 15 is 0 Å². The Balaban J connectivity index is 3.33. The molecular formula is C83H161NO5. The molecule has 2 atom stereocenters. The molecule has 2 unspecified atom stereocenters. The maximum atomic E-state index is 12.5. The van der Waals surface area contributed by atoms with Crippen LogP contribution in [0.15, 0.2) is 24.3 Å². The van der Waals surface area contributed by atoms with Gasteiger partial charge in [0.2, 0.25) is 5.91 Å². The van der Waals surface area contributed by atoms with Crippen LogP contribution >= 0.6 is 0 Å². The van der Waals surface area contributed by atoms with Gasteiger partial charge in [0, 0.05) is 12.8 Å². The van der Waals surface area contributed by atoms with E-state index in [-0.39, 0.29) is 18.5 Å². The molecule has 0 fully saturated rings. The minimum absolute atomic E-state index is 0.0160. The summed E-state index contributed by atoms with van der Waals surface area (Å²) in [6, 6.07) is -0.625. The summed E-state index contributed by atoms with van der Waals surface area (Å²) in [7, 11) is 0. The zero-order valence-electron chi connectivity index (χ0n) is 60.7. The van der Waals surface area contributed by atoms with Crippen LogP contribution in [0.1, 0.15) is 470 Å². The largest absolute Gasteiger partial charge is 0.466 e. The second kappa shape index (κ2) is 78.8. The quantitative estimate of drug-likeness (QED) is 0.0320. The zero-order valence-corrected chi connectivity index (χ0v) is 60.7. The summed E-state index contributed by atoms with van der Waals surface area (Å²) in [5.74, 6) is -0.0416. The molecule has 89 heavy (non-hydrogen) atoms. The molecule has 0 saturated carbocycles. The molecule has 0 aliphatic rings. The molecule has 0 rings (SSSR count). The van der Waals surface area contributed by atoms with Crippen molar-refractivity contribution in [2.24, 2.45) is 0 Å². The standard InChI is InChI=1S/C83H161NO5/c1-3-5-7-9-11-13-15-17-19-21-22-38-41-44-47-51-55-59-63-67-71-75-81(86)80(79-85)84-82(87)76-72-68-64-60-56-52-48-45-42-39-36-34-32-30-28-26-24-23-25-27-29-31-33-35-37-40-43-46-50-54-58-62-66-70-74-78-89-83(88)77-73-69-65-61-57-53-49-20-18-16-14-12-10-8-6-4-2/h20,49,71,75,80-81,85-86H,3-19,21-48,50-70,72-74,76-79H2,1-2H3,(H,84,87)/b49-20-,75-71+. The van der Waals surface area contributed by atoms with Crippen molar-refractivity contribution in [3.63, 3.8) is 0 Å². The molecule has 0 aliphatic heterocycles. The van der Waals surface area contributed by atoms with Crippen LogP contribution in [0.25, 0.3) is 0 Å². The van der Waals surface area contributed by atoms with Crippen LogP contribution in [0.2, 0.25) is 0 Å². The van der Waals surface area contributed by atoms with Crippen LogP contribution in [-0.4, -0.2) is 47.4 Å². The summed E-state index contributed by atoms with van der Waals surface area (Å²) in [6.45, 7) is 4.95. The molecule has 0 heterocycles. The number of ether oxygens (including phenoxy) is 1. The molecular weight excluding hydrogens is 1090 g/mol. The number of amides is 1. The molecule has 0 aromatic carbocycles. The maximum absolute atomic E-state index is 12.5. The first kappa shape index (κ1) is 87.3. The Kier molecular flexibility index (Phi) is 77.3. The minimum Gasteiger partial charge on any atom is -0.466 e. The van der Waals surface area contributed by atoms with E-state index in [0.29, 0.717) is 19.4 Å². The minimum atomic E-state index is -0.842. The van der Waals surface area contributed by atoms with Crippen molar-refractivity contribution in [2.45, 2.75) is 482 Å². The van der Waals surface area contributed by atoms with Crippen LogP contribution < -0.4 is 5.32 Å². The van der Waals surface area contributed by atoms with E-state index in [1.54, 1.807) is 6.08 Å². The first-order valence-corrected chi connectivity index (χ1v) is 41.1. The lowest BCUT2D eigenvalue weighted by Crippen LogP contribution is -2.45. The van der Waals surface area contributed by atoms with Crippen molar-refractivity contribution in [1.82, 2.24) is 5.32 Å². The van der Waals surface area contributed by atoms with Gasteiger partial charge in [-0.2, -0.15) is 0 Å². The second-order valence-corrected chi connectivity index (χ2v) is 28.5. The smallest absolute Gasteiger partial charge is 0.305 e. The van der Waals surface area contributed by atoms with Crippen molar-refractivity contribution < 1.29 is 24.5 Å². The third-order valence-corrected chi connectivity index (χ3v) is 19.5. The normalized spacial score (nSPS) is 12.5. The predicted octanol–water partition coefficient (Wildman–Crippen LogP) is 27.2. The highest BCUT2D eigenvalue weighted by Crippen LogP contribution is 2.20. The molecule has 3 N–H and O–H groups in total. The lowest BCUT2D eigenvalue weighted by Gasteiger charge is -2.20. The number of unbranched alkanes of at least 4 members (excludes halogenated alkanes) is 65. The summed E-state index contributed by atoms with van der Waals surface area (Å²) >= 11 is 0. The first-order valence-electron chi connectivity index (χ1n) is 41.1. The van der Waals surface area contributed by atoms with Crippen molar-refractivity contribution in [3.8, 4) is 0 Å². The number of hydrogen-bond donors (Lipinski definition) is 3. The van der Waals surface area contributed by atoms with E-state index in [1.807, 2.05) is 6.08 Å². The summed E-state index contributed by atoms with van der Waals surface area (Å²) in [6.07, 6.45) is 102. The molecule has 1 amide bonds. The van der Waals surface area contributed by atoms with Gasteiger partial charge in [-0.05, 0) is 57.8 Å². The SMILES string of the molecule is CCCCCCCCC/C=C\CCCCCCCC(=O)OCCCCCCCCCCCCCCCCCCCCCCCCCCCCCCCCCCCCCC(=O)NC(CO)C(O)/C=C/CCCCCCCCCCCCCCCCCCCCC. The van der Waals surface area contributed by atoms with Crippen molar-refractivity contribution in [2.75, 3.05) is 13.2 Å². The molecule has 0 aromatic rings. The Morgan fingerprint density at radius 1 is 0.303 bits per heavy atom. The van der Waals surface area contributed by atoms with Crippen LogP contribution in [0.5, 0.6) is 0 Å². The highest BCUT2D eigenvalue weighted by Gasteiger charge is 2.18. The first-order chi connectivity index (χ1) is 44.0. The Morgan fingerprint density at radius 3 is 0.798 bits per heavy atom. The van der Waals surface area contributed by atoms with Crippen molar-refractivity contribution >= 4 is 11.9 Å². The topological polar surface area (TPSA) is 95.9 Å². The van der Waals surface area contributed by atoms with Gasteiger partial charge < -0.3 is 20.3 Å². The van der Waals surface area contributed by atoms with E-state index in [0.717, 1.165) is 44.9 Å². The number of carbonyl (C=O) groups is 2. The van der Waals surface area contributed by atoms with Gasteiger partial charge in [-0.15, -0.1) is 0 Å². The van der Waals surface area contributed by atoms with Gasteiger partial charge in [0.1, 0.15) is 0 Å². The Bertz CT molecular complexity index is 1400. The maximum Gasteiger partial charge on any atom is 0.305 e. The third kappa shape index (κ3) is 75.3. The van der Waals surface area contributed by atoms with E-state index in [2.05, 4.69) is 31.3 Å². The van der Waals surface area contributed by atoms with E-state index in [1.165, 1.54) is 398 Å². The molecule has 0 spiro atoms. The fraction of sp³-hybridized carbons (Fsp3) is 0.928. The van der Waals surface area contributed by atoms with Gasteiger partial charge in [0.25, 0.3) is 0 Å². The number of aliphatic hydroxyl groups excluding tert-OH is 2. The van der Waals surface area contributed by atoms with Gasteiger partial charge in [0.05, 0.1) is 25.4 Å². The van der Waals surface area contributed by atoms with Crippen LogP contribution in [-0.2, 0) is 14.3 Å². The Morgan fingerprint density at radius 2 is 0.528 bits per heavy atom. The molecule has 0 saturated heterocycles. The van der Waals surface area contributed by atoms with Gasteiger partial charge in [-0.25, -0.2) is 0 Å². The zero-order chi connectivity index (χ0) is 64.2. The lowest BCUT2D eigenvalue weighted by atomic mass is 10.0. The van der Waals surface area contributed by atoms with Crippen molar-refractivity contribution in [3.05, 3.63) is 24.3 Å². The number of aliphatic hydroxyl groups is 2. The average molecular weight is 1250 g/mol. The highest BCUT2D eigenvalue weighted by atomic mass is 16.5. The van der Waals surface area contributed by atoms with Gasteiger partial charge in [0.15, 0.2) is 0 Å². The van der Waals surface area contributed by atoms with Gasteiger partial charge in [-0.3, -0.25) is 9.59 Å². The molecule has 0 bridgehead atoms. The molecule has 528 valence electrons. The molecule has 6 nitrogen and oxygen atoms in total. The average Bonchev–Trinajstić information content (AvgIpc) is 3.55. The Labute approximate surface area is 558 Å². The number of esters is 1. The molecule has 0 radical (unpaired) electrons. The number of allylic oxidation sites excluding steroid dienone is 3. The molecule has 0 aromatic heterocycles. The van der Waals surface area contributed by atoms with Crippen LogP contribution in [0.4, 0.5) is 0 Å². The number of nitrogens with one attached hydrogen (secondary N) is 1. The third-order valence-electron chi connectivity index (χ3n) is 19.5.